The number of rotatable bonds is 4. The summed E-state index contributed by atoms with van der Waals surface area (Å²) in [6, 6.07) is 12.3. The number of aromatic nitrogens is 1. The zero-order chi connectivity index (χ0) is 12.8. The van der Waals surface area contributed by atoms with Crippen molar-refractivity contribution in [3.8, 4) is 0 Å². The van der Waals surface area contributed by atoms with E-state index in [1.165, 1.54) is 6.20 Å². The molecule has 0 aliphatic heterocycles. The van der Waals surface area contributed by atoms with E-state index in [1.807, 2.05) is 18.2 Å². The highest BCUT2D eigenvalue weighted by atomic mass is 16.2. The monoisotopic (exact) mass is 240 g/mol. The molecule has 1 N–H and O–H groups in total. The van der Waals surface area contributed by atoms with Gasteiger partial charge in [-0.3, -0.25) is 14.6 Å². The number of benzene rings is 1. The predicted molar refractivity (Wildman–Crippen MR) is 68.3 cm³/mol. The number of pyridine rings is 1. The molecular weight excluding hydrogens is 228 g/mol. The van der Waals surface area contributed by atoms with Crippen LogP contribution in [0.5, 0.6) is 0 Å². The fourth-order valence-corrected chi connectivity index (χ4v) is 1.50. The molecule has 0 spiro atoms. The minimum Gasteiger partial charge on any atom is -0.326 e. The van der Waals surface area contributed by atoms with E-state index in [4.69, 9.17) is 0 Å². The summed E-state index contributed by atoms with van der Waals surface area (Å²) in [6.45, 7) is 0. The van der Waals surface area contributed by atoms with Crippen LogP contribution in [0.3, 0.4) is 0 Å². The maximum atomic E-state index is 11.7. The Hall–Kier alpha value is -2.49. The normalized spacial score (nSPS) is 9.78. The first kappa shape index (κ1) is 12.0. The zero-order valence-corrected chi connectivity index (χ0v) is 9.67. The third-order valence-electron chi connectivity index (χ3n) is 2.36. The van der Waals surface area contributed by atoms with Gasteiger partial charge < -0.3 is 5.32 Å². The topological polar surface area (TPSA) is 59.1 Å². The number of nitrogens with one attached hydrogen (secondary N) is 1. The van der Waals surface area contributed by atoms with E-state index in [-0.39, 0.29) is 18.1 Å². The van der Waals surface area contributed by atoms with Crippen LogP contribution in [0.2, 0.25) is 0 Å². The summed E-state index contributed by atoms with van der Waals surface area (Å²) < 4.78 is 0. The van der Waals surface area contributed by atoms with Crippen molar-refractivity contribution in [2.45, 2.75) is 6.42 Å². The summed E-state index contributed by atoms with van der Waals surface area (Å²) in [7, 11) is 0. The van der Waals surface area contributed by atoms with E-state index in [9.17, 15) is 9.59 Å². The number of hydrogen-bond acceptors (Lipinski definition) is 3. The first-order valence-corrected chi connectivity index (χ1v) is 5.54. The second-order valence-corrected chi connectivity index (χ2v) is 3.76. The summed E-state index contributed by atoms with van der Waals surface area (Å²) in [5.74, 6) is -0.563. The lowest BCUT2D eigenvalue weighted by atomic mass is 10.1. The van der Waals surface area contributed by atoms with Crippen LogP contribution in [0.1, 0.15) is 16.8 Å². The summed E-state index contributed by atoms with van der Waals surface area (Å²) >= 11 is 0. The van der Waals surface area contributed by atoms with Crippen molar-refractivity contribution in [1.29, 1.82) is 0 Å². The van der Waals surface area contributed by atoms with Crippen LogP contribution in [0.25, 0.3) is 0 Å². The second kappa shape index (κ2) is 5.72. The molecule has 4 nitrogen and oxygen atoms in total. The highest BCUT2D eigenvalue weighted by Crippen LogP contribution is 2.07. The number of hydrogen-bond donors (Lipinski definition) is 1. The first-order chi connectivity index (χ1) is 8.75. The van der Waals surface area contributed by atoms with Gasteiger partial charge in [-0.2, -0.15) is 0 Å². The summed E-state index contributed by atoms with van der Waals surface area (Å²) in [5.41, 5.74) is 1.13. The number of ketones is 1. The molecule has 0 atom stereocenters. The molecule has 2 aromatic rings. The Morgan fingerprint density at radius 3 is 2.50 bits per heavy atom. The van der Waals surface area contributed by atoms with Crippen molar-refractivity contribution < 1.29 is 9.59 Å². The third-order valence-corrected chi connectivity index (χ3v) is 2.36. The highest BCUT2D eigenvalue weighted by molar-refractivity contribution is 6.10. The van der Waals surface area contributed by atoms with Gasteiger partial charge >= 0.3 is 0 Å². The van der Waals surface area contributed by atoms with E-state index in [2.05, 4.69) is 10.3 Å². The van der Waals surface area contributed by atoms with Gasteiger partial charge in [-0.1, -0.05) is 18.2 Å². The number of nitrogens with zero attached hydrogens (tertiary/aromatic N) is 1. The molecule has 18 heavy (non-hydrogen) atoms. The summed E-state index contributed by atoms with van der Waals surface area (Å²) in [4.78, 5) is 27.2. The van der Waals surface area contributed by atoms with Crippen molar-refractivity contribution in [2.24, 2.45) is 0 Å². The van der Waals surface area contributed by atoms with Crippen LogP contribution in [0, 0.1) is 0 Å². The molecule has 0 unspecified atom stereocenters. The van der Waals surface area contributed by atoms with Crippen LogP contribution in [0.15, 0.2) is 54.9 Å². The molecule has 0 saturated heterocycles. The highest BCUT2D eigenvalue weighted by Gasteiger charge is 2.11. The average Bonchev–Trinajstić information content (AvgIpc) is 2.40. The Morgan fingerprint density at radius 1 is 1.06 bits per heavy atom. The van der Waals surface area contributed by atoms with Gasteiger partial charge in [0.05, 0.1) is 6.42 Å². The van der Waals surface area contributed by atoms with Crippen molar-refractivity contribution in [2.75, 3.05) is 5.32 Å². The number of carbonyl (C=O) groups excluding carboxylic acids is 2. The van der Waals surface area contributed by atoms with E-state index in [0.29, 0.717) is 11.3 Å². The Bertz CT molecular complexity index is 538. The molecule has 0 bridgehead atoms. The van der Waals surface area contributed by atoms with Gasteiger partial charge in [-0.25, -0.2) is 0 Å². The molecule has 4 heteroatoms. The number of para-hydroxylation sites is 1. The molecule has 0 saturated carbocycles. The molecule has 0 aliphatic rings. The summed E-state index contributed by atoms with van der Waals surface area (Å²) in [5, 5.41) is 2.66. The van der Waals surface area contributed by atoms with Gasteiger partial charge in [0, 0.05) is 23.6 Å². The van der Waals surface area contributed by atoms with Crippen molar-refractivity contribution in [3.63, 3.8) is 0 Å². The number of anilines is 1. The Balaban J connectivity index is 1.94. The Morgan fingerprint density at radius 2 is 1.83 bits per heavy atom. The van der Waals surface area contributed by atoms with E-state index in [1.54, 1.807) is 30.5 Å². The van der Waals surface area contributed by atoms with Crippen molar-refractivity contribution in [3.05, 3.63) is 60.4 Å². The molecular formula is C14H12N2O2. The maximum Gasteiger partial charge on any atom is 0.232 e. The lowest BCUT2D eigenvalue weighted by Gasteiger charge is -2.04. The first-order valence-electron chi connectivity index (χ1n) is 5.54. The van der Waals surface area contributed by atoms with Crippen LogP contribution < -0.4 is 5.32 Å². The lowest BCUT2D eigenvalue weighted by Crippen LogP contribution is -2.16. The van der Waals surface area contributed by atoms with Gasteiger partial charge in [0.2, 0.25) is 5.91 Å². The molecule has 0 aliphatic carbocycles. The molecule has 2 rings (SSSR count). The third kappa shape index (κ3) is 3.25. The van der Waals surface area contributed by atoms with E-state index >= 15 is 0 Å². The smallest absolute Gasteiger partial charge is 0.232 e. The van der Waals surface area contributed by atoms with Gasteiger partial charge in [0.25, 0.3) is 0 Å². The molecule has 1 amide bonds. The van der Waals surface area contributed by atoms with Crippen LogP contribution in [-0.4, -0.2) is 16.7 Å². The molecule has 0 radical (unpaired) electrons. The fraction of sp³-hybridized carbons (Fsp3) is 0.0714. The fourth-order valence-electron chi connectivity index (χ4n) is 1.50. The maximum absolute atomic E-state index is 11.7. The Kier molecular flexibility index (Phi) is 3.81. The zero-order valence-electron chi connectivity index (χ0n) is 9.67. The van der Waals surface area contributed by atoms with E-state index in [0.717, 1.165) is 0 Å². The van der Waals surface area contributed by atoms with Crippen LogP contribution in [-0.2, 0) is 4.79 Å². The Labute approximate surface area is 105 Å². The lowest BCUT2D eigenvalue weighted by molar-refractivity contribution is -0.115. The number of carbonyl (C=O) groups is 2. The quantitative estimate of drug-likeness (QED) is 0.659. The minimum absolute atomic E-state index is 0.180. The van der Waals surface area contributed by atoms with Crippen molar-refractivity contribution >= 4 is 17.4 Å². The molecule has 1 heterocycles. The average molecular weight is 240 g/mol. The SMILES string of the molecule is O=C(CC(=O)c1cccnc1)Nc1ccccc1. The van der Waals surface area contributed by atoms with Gasteiger partial charge in [-0.05, 0) is 24.3 Å². The molecule has 0 fully saturated rings. The minimum atomic E-state index is -0.324. The van der Waals surface area contributed by atoms with Crippen LogP contribution >= 0.6 is 0 Å². The standard InChI is InChI=1S/C14H12N2O2/c17-13(11-5-4-8-15-10-11)9-14(18)16-12-6-2-1-3-7-12/h1-8,10H,9H2,(H,16,18). The largest absolute Gasteiger partial charge is 0.326 e. The second-order valence-electron chi connectivity index (χ2n) is 3.76. The van der Waals surface area contributed by atoms with Gasteiger partial charge in [0.15, 0.2) is 5.78 Å². The summed E-state index contributed by atoms with van der Waals surface area (Å²) in [6.07, 6.45) is 2.86. The predicted octanol–water partition coefficient (Wildman–Crippen LogP) is 2.29. The van der Waals surface area contributed by atoms with Gasteiger partial charge in [0.1, 0.15) is 0 Å². The van der Waals surface area contributed by atoms with Crippen LogP contribution in [0.4, 0.5) is 5.69 Å². The number of Topliss-reactive ketones (excluding diaryl/α,β-unsaturated/α-hetero) is 1. The molecule has 1 aromatic carbocycles. The number of amides is 1. The van der Waals surface area contributed by atoms with Gasteiger partial charge in [-0.15, -0.1) is 0 Å². The molecule has 1 aromatic heterocycles. The molecule has 90 valence electrons. The van der Waals surface area contributed by atoms with E-state index < -0.39 is 0 Å². The van der Waals surface area contributed by atoms with Crippen molar-refractivity contribution in [1.82, 2.24) is 4.98 Å².